The lowest BCUT2D eigenvalue weighted by Crippen LogP contribution is -2.02. The molecule has 2 aromatic rings. The zero-order valence-electron chi connectivity index (χ0n) is 9.96. The van der Waals surface area contributed by atoms with E-state index in [1.807, 2.05) is 19.9 Å². The van der Waals surface area contributed by atoms with Crippen LogP contribution in [0.2, 0.25) is 10.0 Å². The van der Waals surface area contributed by atoms with E-state index in [1.165, 1.54) is 0 Å². The summed E-state index contributed by atoms with van der Waals surface area (Å²) in [7, 11) is 0. The number of anilines is 3. The second-order valence-electron chi connectivity index (χ2n) is 3.93. The van der Waals surface area contributed by atoms with Crippen LogP contribution in [0.4, 0.5) is 17.5 Å². The standard InChI is InChI=1S/C12H12Cl2N4/c1-6-3-4-8(13)11(10(6)14)17-9-5-7(2)16-12(15)18-9/h3-5H,1-2H3,(H3,15,16,17,18). The van der Waals surface area contributed by atoms with Crippen LogP contribution < -0.4 is 11.1 Å². The highest BCUT2D eigenvalue weighted by Crippen LogP contribution is 2.34. The Morgan fingerprint density at radius 3 is 2.56 bits per heavy atom. The average molecular weight is 283 g/mol. The summed E-state index contributed by atoms with van der Waals surface area (Å²) in [5, 5.41) is 4.16. The fourth-order valence-corrected chi connectivity index (χ4v) is 2.02. The first-order chi connectivity index (χ1) is 8.47. The molecule has 0 aliphatic carbocycles. The van der Waals surface area contributed by atoms with E-state index in [1.54, 1.807) is 12.1 Å². The quantitative estimate of drug-likeness (QED) is 0.881. The monoisotopic (exact) mass is 282 g/mol. The van der Waals surface area contributed by atoms with Gasteiger partial charge in [0.15, 0.2) is 0 Å². The van der Waals surface area contributed by atoms with Crippen molar-refractivity contribution in [2.75, 3.05) is 11.1 Å². The van der Waals surface area contributed by atoms with E-state index in [9.17, 15) is 0 Å². The number of nitrogens with one attached hydrogen (secondary N) is 1. The van der Waals surface area contributed by atoms with Gasteiger partial charge in [-0.2, -0.15) is 4.98 Å². The number of nitrogen functional groups attached to an aromatic ring is 1. The molecule has 0 aliphatic heterocycles. The summed E-state index contributed by atoms with van der Waals surface area (Å²) in [6, 6.07) is 5.41. The van der Waals surface area contributed by atoms with E-state index in [4.69, 9.17) is 28.9 Å². The Kier molecular flexibility index (Phi) is 3.59. The van der Waals surface area contributed by atoms with Gasteiger partial charge in [-0.1, -0.05) is 29.3 Å². The molecule has 1 aromatic carbocycles. The number of hydrogen-bond donors (Lipinski definition) is 2. The van der Waals surface area contributed by atoms with E-state index < -0.39 is 0 Å². The van der Waals surface area contributed by atoms with Gasteiger partial charge in [0.25, 0.3) is 0 Å². The molecule has 6 heteroatoms. The van der Waals surface area contributed by atoms with Crippen LogP contribution in [0.3, 0.4) is 0 Å². The lowest BCUT2D eigenvalue weighted by molar-refractivity contribution is 1.12. The minimum atomic E-state index is 0.206. The Bertz CT molecular complexity index is 579. The van der Waals surface area contributed by atoms with Gasteiger partial charge in [-0.25, -0.2) is 4.98 Å². The predicted octanol–water partition coefficient (Wildman–Crippen LogP) is 3.73. The number of aryl methyl sites for hydroxylation is 2. The van der Waals surface area contributed by atoms with Gasteiger partial charge in [0, 0.05) is 11.8 Å². The maximum atomic E-state index is 6.21. The molecule has 0 radical (unpaired) electrons. The lowest BCUT2D eigenvalue weighted by atomic mass is 10.2. The van der Waals surface area contributed by atoms with Crippen molar-refractivity contribution >= 4 is 40.7 Å². The van der Waals surface area contributed by atoms with Crippen molar-refractivity contribution < 1.29 is 0 Å². The molecule has 0 atom stereocenters. The molecule has 1 heterocycles. The largest absolute Gasteiger partial charge is 0.368 e. The Labute approximate surface area is 115 Å². The Hall–Kier alpha value is -1.52. The van der Waals surface area contributed by atoms with Crippen molar-refractivity contribution in [3.63, 3.8) is 0 Å². The van der Waals surface area contributed by atoms with Crippen LogP contribution in [0.1, 0.15) is 11.3 Å². The fourth-order valence-electron chi connectivity index (χ4n) is 1.55. The number of aromatic nitrogens is 2. The Morgan fingerprint density at radius 2 is 1.89 bits per heavy atom. The summed E-state index contributed by atoms with van der Waals surface area (Å²) in [6.07, 6.45) is 0. The van der Waals surface area contributed by atoms with Crippen molar-refractivity contribution in [3.8, 4) is 0 Å². The van der Waals surface area contributed by atoms with Crippen LogP contribution >= 0.6 is 23.2 Å². The van der Waals surface area contributed by atoms with Crippen molar-refractivity contribution in [2.24, 2.45) is 0 Å². The number of rotatable bonds is 2. The summed E-state index contributed by atoms with van der Waals surface area (Å²) < 4.78 is 0. The summed E-state index contributed by atoms with van der Waals surface area (Å²) in [5.41, 5.74) is 7.91. The van der Waals surface area contributed by atoms with Gasteiger partial charge in [-0.15, -0.1) is 0 Å². The Balaban J connectivity index is 2.42. The van der Waals surface area contributed by atoms with Crippen molar-refractivity contribution in [2.45, 2.75) is 13.8 Å². The molecule has 0 bridgehead atoms. The molecule has 0 spiro atoms. The van der Waals surface area contributed by atoms with Crippen molar-refractivity contribution in [1.82, 2.24) is 9.97 Å². The van der Waals surface area contributed by atoms with E-state index >= 15 is 0 Å². The molecule has 94 valence electrons. The molecule has 0 fully saturated rings. The van der Waals surface area contributed by atoms with Gasteiger partial charge in [0.1, 0.15) is 5.82 Å². The maximum Gasteiger partial charge on any atom is 0.222 e. The van der Waals surface area contributed by atoms with Gasteiger partial charge in [0.05, 0.1) is 15.7 Å². The van der Waals surface area contributed by atoms with Gasteiger partial charge in [0.2, 0.25) is 5.95 Å². The predicted molar refractivity (Wildman–Crippen MR) is 75.7 cm³/mol. The number of benzene rings is 1. The number of nitrogens with two attached hydrogens (primary N) is 1. The number of halogens is 2. The number of hydrogen-bond acceptors (Lipinski definition) is 4. The minimum Gasteiger partial charge on any atom is -0.368 e. The lowest BCUT2D eigenvalue weighted by Gasteiger charge is -2.12. The normalized spacial score (nSPS) is 10.4. The van der Waals surface area contributed by atoms with E-state index in [0.29, 0.717) is 21.6 Å². The summed E-state index contributed by atoms with van der Waals surface area (Å²) in [5.74, 6) is 0.770. The molecular formula is C12H12Cl2N4. The fraction of sp³-hybridized carbons (Fsp3) is 0.167. The highest BCUT2D eigenvalue weighted by atomic mass is 35.5. The first-order valence-electron chi connectivity index (χ1n) is 5.30. The molecule has 0 saturated heterocycles. The maximum absolute atomic E-state index is 6.21. The summed E-state index contributed by atoms with van der Waals surface area (Å²) >= 11 is 12.3. The van der Waals surface area contributed by atoms with E-state index in [-0.39, 0.29) is 5.95 Å². The zero-order chi connectivity index (χ0) is 13.3. The Morgan fingerprint density at radius 1 is 1.17 bits per heavy atom. The highest BCUT2D eigenvalue weighted by Gasteiger charge is 2.10. The highest BCUT2D eigenvalue weighted by molar-refractivity contribution is 6.39. The molecule has 0 amide bonds. The molecule has 2 rings (SSSR count). The second-order valence-corrected chi connectivity index (χ2v) is 4.72. The van der Waals surface area contributed by atoms with Gasteiger partial charge >= 0.3 is 0 Å². The van der Waals surface area contributed by atoms with Crippen LogP contribution in [0.15, 0.2) is 18.2 Å². The van der Waals surface area contributed by atoms with Crippen molar-refractivity contribution in [1.29, 1.82) is 0 Å². The molecule has 3 N–H and O–H groups in total. The molecule has 4 nitrogen and oxygen atoms in total. The topological polar surface area (TPSA) is 63.8 Å². The zero-order valence-corrected chi connectivity index (χ0v) is 11.5. The first-order valence-corrected chi connectivity index (χ1v) is 6.06. The van der Waals surface area contributed by atoms with Crippen LogP contribution in [0.25, 0.3) is 0 Å². The molecule has 0 unspecified atom stereocenters. The SMILES string of the molecule is Cc1cc(Nc2c(Cl)ccc(C)c2Cl)nc(N)n1. The van der Waals surface area contributed by atoms with Crippen LogP contribution in [0.5, 0.6) is 0 Å². The van der Waals surface area contributed by atoms with E-state index in [2.05, 4.69) is 15.3 Å². The third-order valence-electron chi connectivity index (χ3n) is 2.41. The van der Waals surface area contributed by atoms with Crippen LogP contribution in [0, 0.1) is 13.8 Å². The van der Waals surface area contributed by atoms with Crippen molar-refractivity contribution in [3.05, 3.63) is 39.5 Å². The van der Waals surface area contributed by atoms with E-state index in [0.717, 1.165) is 11.3 Å². The molecule has 1 aromatic heterocycles. The third kappa shape index (κ3) is 2.66. The average Bonchev–Trinajstić information content (AvgIpc) is 2.28. The molecular weight excluding hydrogens is 271 g/mol. The summed E-state index contributed by atoms with van der Waals surface area (Å²) in [4.78, 5) is 8.08. The third-order valence-corrected chi connectivity index (χ3v) is 3.21. The van der Waals surface area contributed by atoms with Gasteiger partial charge < -0.3 is 11.1 Å². The molecule has 18 heavy (non-hydrogen) atoms. The molecule has 0 saturated carbocycles. The van der Waals surface area contributed by atoms with Crippen LogP contribution in [-0.2, 0) is 0 Å². The summed E-state index contributed by atoms with van der Waals surface area (Å²) in [6.45, 7) is 3.74. The van der Waals surface area contributed by atoms with Crippen LogP contribution in [-0.4, -0.2) is 9.97 Å². The first kappa shape index (κ1) is 12.9. The molecule has 0 aliphatic rings. The van der Waals surface area contributed by atoms with Gasteiger partial charge in [-0.05, 0) is 25.5 Å². The number of nitrogens with zero attached hydrogens (tertiary/aromatic N) is 2. The smallest absolute Gasteiger partial charge is 0.222 e. The van der Waals surface area contributed by atoms with Gasteiger partial charge in [-0.3, -0.25) is 0 Å². The minimum absolute atomic E-state index is 0.206. The second kappa shape index (κ2) is 5.00.